The van der Waals surface area contributed by atoms with Gasteiger partial charge < -0.3 is 15.4 Å². The smallest absolute Gasteiger partial charge is 0.201 e. The van der Waals surface area contributed by atoms with E-state index in [1.807, 2.05) is 12.1 Å². The maximum absolute atomic E-state index is 14.3. The lowest BCUT2D eigenvalue weighted by Crippen LogP contribution is -2.04. The van der Waals surface area contributed by atoms with E-state index in [2.05, 4.69) is 32.4 Å². The van der Waals surface area contributed by atoms with Crippen molar-refractivity contribution in [2.75, 3.05) is 5.32 Å². The third-order valence-electron chi connectivity index (χ3n) is 5.96. The van der Waals surface area contributed by atoms with E-state index in [1.165, 1.54) is 49.9 Å². The quantitative estimate of drug-likeness (QED) is 0.357. The molecule has 3 N–H and O–H groups in total. The van der Waals surface area contributed by atoms with Crippen molar-refractivity contribution in [1.29, 1.82) is 0 Å². The molecule has 0 saturated heterocycles. The predicted molar refractivity (Wildman–Crippen MR) is 116 cm³/mol. The predicted octanol–water partition coefficient (Wildman–Crippen LogP) is 6.40. The van der Waals surface area contributed by atoms with E-state index in [0.717, 1.165) is 17.8 Å². The molecular weight excluding hydrogens is 398 g/mol. The Hall–Kier alpha value is -3.48. The Morgan fingerprint density at radius 3 is 2.35 bits per heavy atom. The van der Waals surface area contributed by atoms with Crippen LogP contribution in [0.25, 0.3) is 22.3 Å². The number of anilines is 2. The van der Waals surface area contributed by atoms with Crippen LogP contribution < -0.4 is 5.32 Å². The summed E-state index contributed by atoms with van der Waals surface area (Å²) in [6, 6.07) is 11.8. The highest BCUT2D eigenvalue weighted by molar-refractivity contribution is 5.96. The largest absolute Gasteiger partial charge is 0.494 e. The van der Waals surface area contributed by atoms with Gasteiger partial charge in [0.1, 0.15) is 22.8 Å². The first-order valence-corrected chi connectivity index (χ1v) is 10.5. The molecule has 1 saturated carbocycles. The number of nitrogens with zero attached hydrogens (tertiary/aromatic N) is 2. The number of aromatic amines is 1. The van der Waals surface area contributed by atoms with Crippen LogP contribution in [0.2, 0.25) is 0 Å². The minimum Gasteiger partial charge on any atom is -0.494 e. The first kappa shape index (κ1) is 19.5. The molecule has 0 radical (unpaired) electrons. The standard InChI is InChI=1S/C24H22F2N4O/c25-17-7-4-8-18(26)20(17)22-29-19-13-27-24(31)21(19)23(30-22)28-16-11-9-15(10-12-16)14-5-2-1-3-6-14/h4,7-14,27,31H,1-3,5-6H2,(H,28,29,30). The molecule has 0 unspecified atom stereocenters. The minimum atomic E-state index is -0.748. The molecule has 2 heterocycles. The molecule has 31 heavy (non-hydrogen) atoms. The molecule has 1 fully saturated rings. The van der Waals surface area contributed by atoms with Gasteiger partial charge in [0.25, 0.3) is 0 Å². The van der Waals surface area contributed by atoms with Crippen molar-refractivity contribution in [3.05, 3.63) is 65.9 Å². The van der Waals surface area contributed by atoms with E-state index in [-0.39, 0.29) is 23.1 Å². The van der Waals surface area contributed by atoms with Crippen LogP contribution in [0.1, 0.15) is 43.6 Å². The Bertz CT molecular complexity index is 1210. The molecule has 158 valence electrons. The van der Waals surface area contributed by atoms with Crippen LogP contribution in [-0.4, -0.2) is 20.1 Å². The van der Waals surface area contributed by atoms with E-state index in [4.69, 9.17) is 0 Å². The van der Waals surface area contributed by atoms with Gasteiger partial charge in [-0.15, -0.1) is 0 Å². The van der Waals surface area contributed by atoms with Crippen molar-refractivity contribution in [1.82, 2.24) is 15.0 Å². The number of fused-ring (bicyclic) bond motifs is 1. The van der Waals surface area contributed by atoms with Crippen molar-refractivity contribution in [2.45, 2.75) is 38.0 Å². The lowest BCUT2D eigenvalue weighted by Gasteiger charge is -2.22. The first-order chi connectivity index (χ1) is 15.1. The Morgan fingerprint density at radius 2 is 1.65 bits per heavy atom. The number of aromatic nitrogens is 3. The second-order valence-corrected chi connectivity index (χ2v) is 7.97. The lowest BCUT2D eigenvalue weighted by atomic mass is 9.84. The number of halogens is 2. The van der Waals surface area contributed by atoms with Gasteiger partial charge in [-0.3, -0.25) is 0 Å². The number of hydrogen-bond donors (Lipinski definition) is 3. The molecule has 5 rings (SSSR count). The second kappa shape index (κ2) is 7.98. The van der Waals surface area contributed by atoms with Crippen LogP contribution in [-0.2, 0) is 0 Å². The molecule has 1 aliphatic rings. The molecule has 0 amide bonds. The first-order valence-electron chi connectivity index (χ1n) is 10.5. The number of nitrogens with one attached hydrogen (secondary N) is 2. The molecular formula is C24H22F2N4O. The van der Waals surface area contributed by atoms with Gasteiger partial charge in [0.05, 0.1) is 11.1 Å². The van der Waals surface area contributed by atoms with Gasteiger partial charge in [-0.25, -0.2) is 18.7 Å². The minimum absolute atomic E-state index is 0.0941. The molecule has 2 aromatic carbocycles. The Morgan fingerprint density at radius 1 is 0.935 bits per heavy atom. The van der Waals surface area contributed by atoms with Gasteiger partial charge in [-0.2, -0.15) is 0 Å². The fourth-order valence-corrected chi connectivity index (χ4v) is 4.35. The number of aromatic hydroxyl groups is 1. The maximum atomic E-state index is 14.3. The Labute approximate surface area is 178 Å². The second-order valence-electron chi connectivity index (χ2n) is 7.97. The van der Waals surface area contributed by atoms with Crippen LogP contribution in [0.15, 0.2) is 48.7 Å². The summed E-state index contributed by atoms with van der Waals surface area (Å²) in [6.07, 6.45) is 7.76. The normalized spacial score (nSPS) is 14.8. The monoisotopic (exact) mass is 420 g/mol. The summed E-state index contributed by atoms with van der Waals surface area (Å²) >= 11 is 0. The van der Waals surface area contributed by atoms with E-state index >= 15 is 0 Å². The van der Waals surface area contributed by atoms with Crippen molar-refractivity contribution < 1.29 is 13.9 Å². The number of benzene rings is 2. The number of rotatable bonds is 4. The molecule has 0 aliphatic heterocycles. The van der Waals surface area contributed by atoms with Gasteiger partial charge in [0.2, 0.25) is 5.88 Å². The average Bonchev–Trinajstić information content (AvgIpc) is 3.16. The third-order valence-corrected chi connectivity index (χ3v) is 5.96. The number of hydrogen-bond acceptors (Lipinski definition) is 4. The molecule has 0 atom stereocenters. The van der Waals surface area contributed by atoms with Crippen molar-refractivity contribution in [3.8, 4) is 17.3 Å². The topological polar surface area (TPSA) is 73.8 Å². The zero-order valence-corrected chi connectivity index (χ0v) is 16.8. The molecule has 7 heteroatoms. The Balaban J connectivity index is 1.52. The van der Waals surface area contributed by atoms with Crippen LogP contribution in [0.4, 0.5) is 20.3 Å². The highest BCUT2D eigenvalue weighted by Crippen LogP contribution is 2.36. The van der Waals surface area contributed by atoms with Crippen molar-refractivity contribution in [2.24, 2.45) is 0 Å². The van der Waals surface area contributed by atoms with Crippen molar-refractivity contribution in [3.63, 3.8) is 0 Å². The van der Waals surface area contributed by atoms with Gasteiger partial charge in [0, 0.05) is 11.9 Å². The molecule has 0 bridgehead atoms. The molecule has 5 nitrogen and oxygen atoms in total. The van der Waals surface area contributed by atoms with Gasteiger partial charge >= 0.3 is 0 Å². The van der Waals surface area contributed by atoms with Crippen LogP contribution in [0.3, 0.4) is 0 Å². The molecule has 1 aliphatic carbocycles. The lowest BCUT2D eigenvalue weighted by molar-refractivity contribution is 0.443. The third kappa shape index (κ3) is 3.71. The summed E-state index contributed by atoms with van der Waals surface area (Å²) in [6.45, 7) is 0. The fraction of sp³-hybridized carbons (Fsp3) is 0.250. The summed E-state index contributed by atoms with van der Waals surface area (Å²) in [5.41, 5.74) is 2.13. The summed E-state index contributed by atoms with van der Waals surface area (Å²) < 4.78 is 28.6. The summed E-state index contributed by atoms with van der Waals surface area (Å²) in [4.78, 5) is 11.3. The average molecular weight is 420 g/mol. The molecule has 4 aromatic rings. The Kier molecular flexibility index (Phi) is 5.02. The SMILES string of the molecule is Oc1[nH]cc2nc(-c3c(F)cccc3F)nc(Nc3ccc(C4CCCCC4)cc3)c12. The van der Waals surface area contributed by atoms with Gasteiger partial charge in [0.15, 0.2) is 5.82 Å². The van der Waals surface area contributed by atoms with Gasteiger partial charge in [-0.1, -0.05) is 37.5 Å². The van der Waals surface area contributed by atoms with E-state index in [0.29, 0.717) is 16.8 Å². The molecule has 0 spiro atoms. The summed E-state index contributed by atoms with van der Waals surface area (Å²) in [7, 11) is 0. The maximum Gasteiger partial charge on any atom is 0.201 e. The van der Waals surface area contributed by atoms with Crippen LogP contribution >= 0.6 is 0 Å². The molecule has 2 aromatic heterocycles. The van der Waals surface area contributed by atoms with E-state index < -0.39 is 11.6 Å². The van der Waals surface area contributed by atoms with E-state index in [1.54, 1.807) is 0 Å². The highest BCUT2D eigenvalue weighted by atomic mass is 19.1. The van der Waals surface area contributed by atoms with Crippen molar-refractivity contribution >= 4 is 22.4 Å². The van der Waals surface area contributed by atoms with Gasteiger partial charge in [-0.05, 0) is 48.6 Å². The highest BCUT2D eigenvalue weighted by Gasteiger charge is 2.20. The summed E-state index contributed by atoms with van der Waals surface area (Å²) in [5.74, 6) is -0.839. The summed E-state index contributed by atoms with van der Waals surface area (Å²) in [5, 5.41) is 13.8. The van der Waals surface area contributed by atoms with Crippen LogP contribution in [0.5, 0.6) is 5.88 Å². The number of H-pyrrole nitrogens is 1. The fourth-order valence-electron chi connectivity index (χ4n) is 4.35. The zero-order chi connectivity index (χ0) is 21.4. The zero-order valence-electron chi connectivity index (χ0n) is 16.8. The van der Waals surface area contributed by atoms with E-state index in [9.17, 15) is 13.9 Å². The van der Waals surface area contributed by atoms with Crippen LogP contribution in [0, 0.1) is 11.6 Å².